The van der Waals surface area contributed by atoms with E-state index in [9.17, 15) is 4.39 Å². The average molecular weight is 232 g/mol. The summed E-state index contributed by atoms with van der Waals surface area (Å²) in [6.07, 6.45) is 3.55. The Morgan fingerprint density at radius 1 is 1.47 bits per heavy atom. The van der Waals surface area contributed by atoms with E-state index in [2.05, 4.69) is 10.3 Å². The van der Waals surface area contributed by atoms with Crippen molar-refractivity contribution < 1.29 is 4.39 Å². The van der Waals surface area contributed by atoms with E-state index >= 15 is 0 Å². The molecule has 3 heteroatoms. The van der Waals surface area contributed by atoms with Crippen LogP contribution >= 0.6 is 0 Å². The van der Waals surface area contributed by atoms with Crippen LogP contribution in [0.15, 0.2) is 18.2 Å². The average Bonchev–Trinajstić information content (AvgIpc) is 2.68. The zero-order chi connectivity index (χ0) is 11.8. The SMILES string of the molecule is CNCC1CCCc2c1[nH]c1cc(F)ccc21. The molecule has 1 aromatic heterocycles. The number of halogens is 1. The summed E-state index contributed by atoms with van der Waals surface area (Å²) >= 11 is 0. The van der Waals surface area contributed by atoms with Crippen LogP contribution in [0.4, 0.5) is 4.39 Å². The molecule has 17 heavy (non-hydrogen) atoms. The molecule has 0 bridgehead atoms. The summed E-state index contributed by atoms with van der Waals surface area (Å²) in [7, 11) is 1.98. The third-order valence-electron chi connectivity index (χ3n) is 3.74. The highest BCUT2D eigenvalue weighted by molar-refractivity contribution is 5.85. The summed E-state index contributed by atoms with van der Waals surface area (Å²) in [6.45, 7) is 0.988. The third-order valence-corrected chi connectivity index (χ3v) is 3.74. The molecular formula is C14H17FN2. The minimum absolute atomic E-state index is 0.165. The first-order valence-electron chi connectivity index (χ1n) is 6.24. The molecule has 1 heterocycles. The molecule has 1 aliphatic carbocycles. The predicted octanol–water partition coefficient (Wildman–Crippen LogP) is 2.95. The molecule has 2 aromatic rings. The van der Waals surface area contributed by atoms with Crippen LogP contribution < -0.4 is 5.32 Å². The maximum Gasteiger partial charge on any atom is 0.125 e. The van der Waals surface area contributed by atoms with Gasteiger partial charge in [0, 0.05) is 29.1 Å². The van der Waals surface area contributed by atoms with Gasteiger partial charge in [0.05, 0.1) is 0 Å². The van der Waals surface area contributed by atoms with Crippen molar-refractivity contribution >= 4 is 10.9 Å². The minimum Gasteiger partial charge on any atom is -0.358 e. The number of aryl methyl sites for hydroxylation is 1. The van der Waals surface area contributed by atoms with Crippen molar-refractivity contribution in [2.24, 2.45) is 0 Å². The van der Waals surface area contributed by atoms with Gasteiger partial charge in [-0.25, -0.2) is 4.39 Å². The minimum atomic E-state index is -0.165. The normalized spacial score (nSPS) is 19.5. The monoisotopic (exact) mass is 232 g/mol. The predicted molar refractivity (Wildman–Crippen MR) is 67.9 cm³/mol. The molecule has 0 radical (unpaired) electrons. The van der Waals surface area contributed by atoms with Crippen molar-refractivity contribution in [3.63, 3.8) is 0 Å². The summed E-state index contributed by atoms with van der Waals surface area (Å²) in [5, 5.41) is 4.44. The third kappa shape index (κ3) is 1.75. The number of H-pyrrole nitrogens is 1. The van der Waals surface area contributed by atoms with Gasteiger partial charge in [-0.3, -0.25) is 0 Å². The number of aromatic amines is 1. The van der Waals surface area contributed by atoms with Gasteiger partial charge in [-0.15, -0.1) is 0 Å². The van der Waals surface area contributed by atoms with Gasteiger partial charge >= 0.3 is 0 Å². The smallest absolute Gasteiger partial charge is 0.125 e. The van der Waals surface area contributed by atoms with Crippen molar-refractivity contribution in [1.82, 2.24) is 10.3 Å². The number of aromatic nitrogens is 1. The lowest BCUT2D eigenvalue weighted by Gasteiger charge is -2.22. The van der Waals surface area contributed by atoms with Crippen LogP contribution in [0.5, 0.6) is 0 Å². The fraction of sp³-hybridized carbons (Fsp3) is 0.429. The number of benzene rings is 1. The van der Waals surface area contributed by atoms with Crippen LogP contribution in [0.1, 0.15) is 30.0 Å². The Morgan fingerprint density at radius 3 is 3.18 bits per heavy atom. The van der Waals surface area contributed by atoms with E-state index < -0.39 is 0 Å². The molecule has 1 aliphatic rings. The number of fused-ring (bicyclic) bond motifs is 3. The van der Waals surface area contributed by atoms with E-state index in [0.29, 0.717) is 5.92 Å². The van der Waals surface area contributed by atoms with E-state index in [1.807, 2.05) is 13.1 Å². The summed E-state index contributed by atoms with van der Waals surface area (Å²) in [6, 6.07) is 5.06. The first-order chi connectivity index (χ1) is 8.29. The van der Waals surface area contributed by atoms with Crippen molar-refractivity contribution in [1.29, 1.82) is 0 Å². The fourth-order valence-electron chi connectivity index (χ4n) is 2.99. The quantitative estimate of drug-likeness (QED) is 0.818. The molecule has 2 nitrogen and oxygen atoms in total. The van der Waals surface area contributed by atoms with Gasteiger partial charge in [0.1, 0.15) is 5.82 Å². The van der Waals surface area contributed by atoms with Crippen LogP contribution in [0.25, 0.3) is 10.9 Å². The molecule has 90 valence electrons. The van der Waals surface area contributed by atoms with Crippen LogP contribution in [-0.2, 0) is 6.42 Å². The zero-order valence-electron chi connectivity index (χ0n) is 10.0. The lowest BCUT2D eigenvalue weighted by molar-refractivity contribution is 0.522. The van der Waals surface area contributed by atoms with Crippen molar-refractivity contribution in [2.75, 3.05) is 13.6 Å². The number of nitrogens with one attached hydrogen (secondary N) is 2. The van der Waals surface area contributed by atoms with Crippen LogP contribution in [0.3, 0.4) is 0 Å². The van der Waals surface area contributed by atoms with Gasteiger partial charge in [0.15, 0.2) is 0 Å². The Balaban J connectivity index is 2.14. The molecular weight excluding hydrogens is 215 g/mol. The fourth-order valence-corrected chi connectivity index (χ4v) is 2.99. The van der Waals surface area contributed by atoms with E-state index in [1.54, 1.807) is 12.1 Å². The van der Waals surface area contributed by atoms with Crippen molar-refractivity contribution in [2.45, 2.75) is 25.2 Å². The number of hydrogen-bond donors (Lipinski definition) is 2. The number of hydrogen-bond acceptors (Lipinski definition) is 1. The molecule has 1 atom stereocenters. The maximum absolute atomic E-state index is 13.2. The molecule has 3 rings (SSSR count). The van der Waals surface area contributed by atoms with Gasteiger partial charge in [0.25, 0.3) is 0 Å². The van der Waals surface area contributed by atoms with Gasteiger partial charge in [-0.1, -0.05) is 0 Å². The van der Waals surface area contributed by atoms with E-state index in [1.165, 1.54) is 29.5 Å². The first-order valence-corrected chi connectivity index (χ1v) is 6.24. The van der Waals surface area contributed by atoms with E-state index in [0.717, 1.165) is 18.5 Å². The second-order valence-corrected chi connectivity index (χ2v) is 4.85. The van der Waals surface area contributed by atoms with Crippen molar-refractivity contribution in [3.8, 4) is 0 Å². The zero-order valence-corrected chi connectivity index (χ0v) is 10.0. The molecule has 0 spiro atoms. The molecule has 0 amide bonds. The highest BCUT2D eigenvalue weighted by Gasteiger charge is 2.23. The Kier molecular flexibility index (Phi) is 2.63. The van der Waals surface area contributed by atoms with Gasteiger partial charge < -0.3 is 10.3 Å². The van der Waals surface area contributed by atoms with Gasteiger partial charge in [-0.05, 0) is 50.1 Å². The molecule has 1 unspecified atom stereocenters. The molecule has 1 aromatic carbocycles. The summed E-state index contributed by atoms with van der Waals surface area (Å²) < 4.78 is 13.2. The lowest BCUT2D eigenvalue weighted by Crippen LogP contribution is -2.21. The van der Waals surface area contributed by atoms with E-state index in [-0.39, 0.29) is 5.82 Å². The molecule has 2 N–H and O–H groups in total. The lowest BCUT2D eigenvalue weighted by atomic mass is 9.87. The Hall–Kier alpha value is -1.35. The van der Waals surface area contributed by atoms with Gasteiger partial charge in [-0.2, -0.15) is 0 Å². The molecule has 0 aliphatic heterocycles. The van der Waals surface area contributed by atoms with Gasteiger partial charge in [0.2, 0.25) is 0 Å². The second kappa shape index (κ2) is 4.15. The summed E-state index contributed by atoms with van der Waals surface area (Å²) in [4.78, 5) is 3.41. The van der Waals surface area contributed by atoms with Crippen LogP contribution in [-0.4, -0.2) is 18.6 Å². The highest BCUT2D eigenvalue weighted by Crippen LogP contribution is 2.35. The Bertz CT molecular complexity index is 544. The topological polar surface area (TPSA) is 27.8 Å². The molecule has 0 saturated carbocycles. The second-order valence-electron chi connectivity index (χ2n) is 4.85. The first kappa shape index (κ1) is 10.8. The van der Waals surface area contributed by atoms with Crippen molar-refractivity contribution in [3.05, 3.63) is 35.3 Å². The largest absolute Gasteiger partial charge is 0.358 e. The Morgan fingerprint density at radius 2 is 2.35 bits per heavy atom. The summed E-state index contributed by atoms with van der Waals surface area (Å²) in [5.74, 6) is 0.375. The highest BCUT2D eigenvalue weighted by atomic mass is 19.1. The maximum atomic E-state index is 13.2. The molecule has 0 saturated heterocycles. The van der Waals surface area contributed by atoms with E-state index in [4.69, 9.17) is 0 Å². The number of likely N-dealkylation sites (N-methyl/N-ethyl adjacent to an activating group) is 1. The standard InChI is InChI=1S/C14H17FN2/c1-16-8-9-3-2-4-12-11-6-5-10(15)7-13(11)17-14(9)12/h5-7,9,16-17H,2-4,8H2,1H3. The Labute approximate surface area is 100 Å². The van der Waals surface area contributed by atoms with Crippen LogP contribution in [0, 0.1) is 5.82 Å². The summed E-state index contributed by atoms with van der Waals surface area (Å²) in [5.41, 5.74) is 3.65. The van der Waals surface area contributed by atoms with Crippen LogP contribution in [0.2, 0.25) is 0 Å². The number of rotatable bonds is 2. The molecule has 0 fully saturated rings.